The Morgan fingerprint density at radius 1 is 1.47 bits per heavy atom. The Balaban J connectivity index is 2.22. The molecule has 15 heavy (non-hydrogen) atoms. The Morgan fingerprint density at radius 3 is 3.00 bits per heavy atom. The van der Waals surface area contributed by atoms with Crippen LogP contribution < -0.4 is 5.73 Å². The summed E-state index contributed by atoms with van der Waals surface area (Å²) >= 11 is 3.36. The number of rotatable bonds is 2. The van der Waals surface area contributed by atoms with Crippen LogP contribution in [-0.4, -0.2) is 26.5 Å². The van der Waals surface area contributed by atoms with Gasteiger partial charge in [-0.25, -0.2) is 0 Å². The molecule has 0 unspecified atom stereocenters. The molecule has 2 N–H and O–H groups in total. The molecule has 2 rings (SSSR count). The molecule has 0 saturated carbocycles. The van der Waals surface area contributed by atoms with E-state index >= 15 is 0 Å². The zero-order valence-corrected chi connectivity index (χ0v) is 9.16. The number of tetrazole rings is 1. The van der Waals surface area contributed by atoms with Crippen molar-refractivity contribution in [1.29, 1.82) is 0 Å². The second kappa shape index (κ2) is 4.18. The van der Waals surface area contributed by atoms with Gasteiger partial charge in [0, 0.05) is 4.47 Å². The topological polar surface area (TPSA) is 82.0 Å². The standard InChI is InChI=1S/C8H7BrN6/c9-7-3-1-2-6(4-7)5-11-15-8(10)12-13-14-15/h1-5H,(H2,10,12,14)/b11-5+. The molecule has 0 bridgehead atoms. The molecule has 0 saturated heterocycles. The van der Waals surface area contributed by atoms with Crippen molar-refractivity contribution >= 4 is 28.1 Å². The number of benzene rings is 1. The first-order chi connectivity index (χ1) is 7.25. The second-order valence-corrected chi connectivity index (χ2v) is 3.64. The number of hydrogen-bond donors (Lipinski definition) is 1. The third-order valence-electron chi connectivity index (χ3n) is 1.64. The van der Waals surface area contributed by atoms with E-state index in [0.717, 1.165) is 14.8 Å². The van der Waals surface area contributed by atoms with E-state index in [1.165, 1.54) is 0 Å². The fraction of sp³-hybridized carbons (Fsp3) is 0. The van der Waals surface area contributed by atoms with Gasteiger partial charge in [-0.3, -0.25) is 0 Å². The maximum atomic E-state index is 5.44. The van der Waals surface area contributed by atoms with Crippen LogP contribution in [-0.2, 0) is 0 Å². The quantitative estimate of drug-likeness (QED) is 0.819. The summed E-state index contributed by atoms with van der Waals surface area (Å²) in [5.41, 5.74) is 6.37. The summed E-state index contributed by atoms with van der Waals surface area (Å²) in [5.74, 6) is 0.154. The third kappa shape index (κ3) is 2.38. The number of anilines is 1. The fourth-order valence-corrected chi connectivity index (χ4v) is 1.40. The largest absolute Gasteiger partial charge is 0.365 e. The van der Waals surface area contributed by atoms with Crippen LogP contribution in [0.4, 0.5) is 5.95 Å². The summed E-state index contributed by atoms with van der Waals surface area (Å²) < 4.78 is 0.983. The molecule has 0 fully saturated rings. The van der Waals surface area contributed by atoms with E-state index in [9.17, 15) is 0 Å². The summed E-state index contributed by atoms with van der Waals surface area (Å²) in [4.78, 5) is 1.15. The monoisotopic (exact) mass is 266 g/mol. The highest BCUT2D eigenvalue weighted by Crippen LogP contribution is 2.10. The van der Waals surface area contributed by atoms with E-state index in [-0.39, 0.29) is 5.95 Å². The van der Waals surface area contributed by atoms with Crippen LogP contribution in [0.3, 0.4) is 0 Å². The van der Waals surface area contributed by atoms with E-state index in [0.29, 0.717) is 0 Å². The summed E-state index contributed by atoms with van der Waals surface area (Å²) in [5, 5.41) is 14.4. The van der Waals surface area contributed by atoms with Gasteiger partial charge in [-0.2, -0.15) is 5.10 Å². The van der Waals surface area contributed by atoms with E-state index in [2.05, 4.69) is 36.6 Å². The van der Waals surface area contributed by atoms with Crippen LogP contribution in [0.25, 0.3) is 0 Å². The molecule has 0 spiro atoms. The lowest BCUT2D eigenvalue weighted by Crippen LogP contribution is -1.99. The van der Waals surface area contributed by atoms with Gasteiger partial charge < -0.3 is 5.73 Å². The summed E-state index contributed by atoms with van der Waals surface area (Å²) in [6.45, 7) is 0. The van der Waals surface area contributed by atoms with Crippen LogP contribution in [0.15, 0.2) is 33.8 Å². The molecule has 2 aromatic rings. The maximum Gasteiger partial charge on any atom is 0.263 e. The van der Waals surface area contributed by atoms with Gasteiger partial charge in [0.25, 0.3) is 5.95 Å². The smallest absolute Gasteiger partial charge is 0.263 e. The average Bonchev–Trinajstić information content (AvgIpc) is 2.61. The molecule has 0 radical (unpaired) electrons. The Bertz CT molecular complexity index is 491. The molecule has 0 aliphatic rings. The van der Waals surface area contributed by atoms with Crippen LogP contribution in [0.2, 0.25) is 0 Å². The Labute approximate surface area is 93.9 Å². The van der Waals surface area contributed by atoms with Crippen molar-refractivity contribution in [3.63, 3.8) is 0 Å². The predicted molar refractivity (Wildman–Crippen MR) is 59.4 cm³/mol. The number of nitrogens with two attached hydrogens (primary N) is 1. The molecular formula is C8H7BrN6. The van der Waals surface area contributed by atoms with E-state index < -0.39 is 0 Å². The van der Waals surface area contributed by atoms with Gasteiger partial charge >= 0.3 is 0 Å². The van der Waals surface area contributed by atoms with Gasteiger partial charge in [-0.1, -0.05) is 38.0 Å². The first kappa shape index (κ1) is 9.78. The minimum Gasteiger partial charge on any atom is -0.365 e. The molecule has 0 amide bonds. The molecule has 1 aromatic carbocycles. The van der Waals surface area contributed by atoms with Gasteiger partial charge in [-0.05, 0) is 28.1 Å². The second-order valence-electron chi connectivity index (χ2n) is 2.73. The highest BCUT2D eigenvalue weighted by molar-refractivity contribution is 9.10. The molecule has 7 heteroatoms. The van der Waals surface area contributed by atoms with Crippen molar-refractivity contribution in [3.8, 4) is 0 Å². The SMILES string of the molecule is Nc1nnnn1/N=C/c1cccc(Br)c1. The first-order valence-electron chi connectivity index (χ1n) is 4.09. The fourth-order valence-electron chi connectivity index (χ4n) is 0.980. The van der Waals surface area contributed by atoms with Crippen LogP contribution >= 0.6 is 15.9 Å². The van der Waals surface area contributed by atoms with E-state index in [1.54, 1.807) is 6.21 Å². The molecule has 0 aliphatic carbocycles. The highest BCUT2D eigenvalue weighted by Gasteiger charge is 1.96. The van der Waals surface area contributed by atoms with Crippen LogP contribution in [0, 0.1) is 0 Å². The number of hydrogen-bond acceptors (Lipinski definition) is 5. The van der Waals surface area contributed by atoms with Crippen molar-refractivity contribution in [2.45, 2.75) is 0 Å². The number of nitrogens with zero attached hydrogens (tertiary/aromatic N) is 5. The van der Waals surface area contributed by atoms with Crippen molar-refractivity contribution in [2.75, 3.05) is 5.73 Å². The van der Waals surface area contributed by atoms with Crippen molar-refractivity contribution in [1.82, 2.24) is 20.3 Å². The van der Waals surface area contributed by atoms with Gasteiger partial charge in [-0.15, -0.1) is 0 Å². The number of nitrogen functional groups attached to an aromatic ring is 1. The zero-order valence-electron chi connectivity index (χ0n) is 7.58. The van der Waals surface area contributed by atoms with Crippen molar-refractivity contribution in [2.24, 2.45) is 5.10 Å². The van der Waals surface area contributed by atoms with E-state index in [1.807, 2.05) is 24.3 Å². The summed E-state index contributed by atoms with van der Waals surface area (Å²) in [7, 11) is 0. The van der Waals surface area contributed by atoms with E-state index in [4.69, 9.17) is 5.73 Å². The predicted octanol–water partition coefficient (Wildman–Crippen LogP) is 0.900. The minimum absolute atomic E-state index is 0.154. The first-order valence-corrected chi connectivity index (χ1v) is 4.89. The lowest BCUT2D eigenvalue weighted by atomic mass is 10.2. The molecule has 76 valence electrons. The summed E-state index contributed by atoms with van der Waals surface area (Å²) in [6, 6.07) is 7.68. The molecule has 0 aliphatic heterocycles. The average molecular weight is 267 g/mol. The molecular weight excluding hydrogens is 260 g/mol. The van der Waals surface area contributed by atoms with Gasteiger partial charge in [0.05, 0.1) is 6.21 Å². The Hall–Kier alpha value is -1.76. The molecule has 1 aromatic heterocycles. The molecule has 0 atom stereocenters. The maximum absolute atomic E-state index is 5.44. The van der Waals surface area contributed by atoms with Crippen molar-refractivity contribution in [3.05, 3.63) is 34.3 Å². The lowest BCUT2D eigenvalue weighted by molar-refractivity contribution is 0.699. The minimum atomic E-state index is 0.154. The highest BCUT2D eigenvalue weighted by atomic mass is 79.9. The molecule has 1 heterocycles. The van der Waals surface area contributed by atoms with Gasteiger partial charge in [0.2, 0.25) is 0 Å². The zero-order chi connectivity index (χ0) is 10.7. The third-order valence-corrected chi connectivity index (χ3v) is 2.13. The normalized spacial score (nSPS) is 11.0. The van der Waals surface area contributed by atoms with Crippen LogP contribution in [0.1, 0.15) is 5.56 Å². The van der Waals surface area contributed by atoms with Gasteiger partial charge in [0.15, 0.2) is 0 Å². The van der Waals surface area contributed by atoms with Crippen LogP contribution in [0.5, 0.6) is 0 Å². The number of halogens is 1. The number of aromatic nitrogens is 4. The Kier molecular flexibility index (Phi) is 2.72. The van der Waals surface area contributed by atoms with Crippen molar-refractivity contribution < 1.29 is 0 Å². The Morgan fingerprint density at radius 2 is 2.33 bits per heavy atom. The molecule has 6 nitrogen and oxygen atoms in total. The summed E-state index contributed by atoms with van der Waals surface area (Å²) in [6.07, 6.45) is 1.62. The lowest BCUT2D eigenvalue weighted by Gasteiger charge is -1.94. The van der Waals surface area contributed by atoms with Gasteiger partial charge in [0.1, 0.15) is 0 Å².